The number of hydrogen-bond donors (Lipinski definition) is 1. The van der Waals surface area contributed by atoms with Crippen LogP contribution in [0.25, 0.3) is 0 Å². The van der Waals surface area contributed by atoms with Crippen LogP contribution < -0.4 is 5.32 Å². The van der Waals surface area contributed by atoms with Crippen molar-refractivity contribution in [3.05, 3.63) is 35.4 Å². The summed E-state index contributed by atoms with van der Waals surface area (Å²) in [6.07, 6.45) is 3.70. The molecule has 2 unspecified atom stereocenters. The molecule has 1 saturated heterocycles. The van der Waals surface area contributed by atoms with E-state index < -0.39 is 0 Å². The third kappa shape index (κ3) is 4.07. The lowest BCUT2D eigenvalue weighted by atomic mass is 9.89. The molecule has 0 bridgehead atoms. The summed E-state index contributed by atoms with van der Waals surface area (Å²) in [5.74, 6) is 0.804. The molecule has 0 aromatic heterocycles. The number of nitrogens with one attached hydrogen (secondary N) is 1. The summed E-state index contributed by atoms with van der Waals surface area (Å²) < 4.78 is 0. The fourth-order valence-corrected chi connectivity index (χ4v) is 3.33. The second kappa shape index (κ2) is 7.80. The summed E-state index contributed by atoms with van der Waals surface area (Å²) in [4.78, 5) is 2.63. The predicted octanol–water partition coefficient (Wildman–Crippen LogP) is 3.46. The largest absolute Gasteiger partial charge is 0.314 e. The molecule has 1 N–H and O–H groups in total. The maximum Gasteiger partial charge on any atom is 0.0233 e. The number of hydrogen-bond acceptors (Lipinski definition) is 2. The van der Waals surface area contributed by atoms with Crippen LogP contribution in [-0.4, -0.2) is 30.6 Å². The standard InChI is InChI=1S/C18H30N2/c1-4-15-7-9-16(10-8-15)13-20-12-11-18(19-6-3)17(5-2)14-20/h7-10,17-19H,4-6,11-14H2,1-3H3. The third-order valence-electron chi connectivity index (χ3n) is 4.65. The average Bonchev–Trinajstić information content (AvgIpc) is 2.50. The molecule has 1 aliphatic rings. The lowest BCUT2D eigenvalue weighted by molar-refractivity contribution is 0.129. The monoisotopic (exact) mass is 274 g/mol. The van der Waals surface area contributed by atoms with Gasteiger partial charge < -0.3 is 5.32 Å². The first kappa shape index (κ1) is 15.5. The molecule has 2 heteroatoms. The normalized spacial score (nSPS) is 23.9. The fourth-order valence-electron chi connectivity index (χ4n) is 3.33. The van der Waals surface area contributed by atoms with E-state index in [9.17, 15) is 0 Å². The van der Waals surface area contributed by atoms with Crippen molar-refractivity contribution < 1.29 is 0 Å². The van der Waals surface area contributed by atoms with E-state index in [1.165, 1.54) is 37.1 Å². The van der Waals surface area contributed by atoms with E-state index in [0.29, 0.717) is 0 Å². The zero-order chi connectivity index (χ0) is 14.4. The first-order chi connectivity index (χ1) is 9.76. The van der Waals surface area contributed by atoms with Gasteiger partial charge in [0.1, 0.15) is 0 Å². The molecule has 0 amide bonds. The van der Waals surface area contributed by atoms with Crippen LogP contribution in [-0.2, 0) is 13.0 Å². The van der Waals surface area contributed by atoms with Crippen molar-refractivity contribution >= 4 is 0 Å². The van der Waals surface area contributed by atoms with Gasteiger partial charge in [0.25, 0.3) is 0 Å². The van der Waals surface area contributed by atoms with Crippen molar-refractivity contribution in [2.45, 2.75) is 52.6 Å². The van der Waals surface area contributed by atoms with Crippen LogP contribution >= 0.6 is 0 Å². The minimum atomic E-state index is 0.726. The highest BCUT2D eigenvalue weighted by Gasteiger charge is 2.27. The zero-order valence-corrected chi connectivity index (χ0v) is 13.4. The van der Waals surface area contributed by atoms with Crippen LogP contribution in [0.5, 0.6) is 0 Å². The summed E-state index contributed by atoms with van der Waals surface area (Å²) in [5.41, 5.74) is 2.89. The molecule has 2 rings (SSSR count). The molecular formula is C18H30N2. The molecule has 20 heavy (non-hydrogen) atoms. The van der Waals surface area contributed by atoms with Crippen LogP contribution in [0.3, 0.4) is 0 Å². The number of aryl methyl sites for hydroxylation is 1. The van der Waals surface area contributed by atoms with Crippen LogP contribution in [0.1, 0.15) is 44.7 Å². The molecule has 0 radical (unpaired) electrons. The quantitative estimate of drug-likeness (QED) is 0.854. The lowest BCUT2D eigenvalue weighted by Gasteiger charge is -2.38. The van der Waals surface area contributed by atoms with Crippen molar-refractivity contribution in [3.63, 3.8) is 0 Å². The third-order valence-corrected chi connectivity index (χ3v) is 4.65. The summed E-state index contributed by atoms with van der Waals surface area (Å²) in [7, 11) is 0. The van der Waals surface area contributed by atoms with Gasteiger partial charge >= 0.3 is 0 Å². The van der Waals surface area contributed by atoms with Crippen molar-refractivity contribution in [3.8, 4) is 0 Å². The van der Waals surface area contributed by atoms with Gasteiger partial charge in [0.05, 0.1) is 0 Å². The minimum Gasteiger partial charge on any atom is -0.314 e. The lowest BCUT2D eigenvalue weighted by Crippen LogP contribution is -2.48. The minimum absolute atomic E-state index is 0.726. The Balaban J connectivity index is 1.90. The molecule has 1 aliphatic heterocycles. The van der Waals surface area contributed by atoms with E-state index in [4.69, 9.17) is 0 Å². The summed E-state index contributed by atoms with van der Waals surface area (Å²) in [6.45, 7) is 11.4. The molecular weight excluding hydrogens is 244 g/mol. The van der Waals surface area contributed by atoms with Crippen LogP contribution in [0.2, 0.25) is 0 Å². The van der Waals surface area contributed by atoms with Gasteiger partial charge in [-0.3, -0.25) is 4.90 Å². The van der Waals surface area contributed by atoms with Crippen molar-refractivity contribution in [2.24, 2.45) is 5.92 Å². The van der Waals surface area contributed by atoms with E-state index in [0.717, 1.165) is 31.5 Å². The van der Waals surface area contributed by atoms with E-state index >= 15 is 0 Å². The van der Waals surface area contributed by atoms with Crippen molar-refractivity contribution in [2.75, 3.05) is 19.6 Å². The number of rotatable bonds is 6. The van der Waals surface area contributed by atoms with Crippen molar-refractivity contribution in [1.82, 2.24) is 10.2 Å². The van der Waals surface area contributed by atoms with Gasteiger partial charge in [-0.1, -0.05) is 51.5 Å². The van der Waals surface area contributed by atoms with E-state index in [1.54, 1.807) is 0 Å². The smallest absolute Gasteiger partial charge is 0.0233 e. The Hall–Kier alpha value is -0.860. The maximum atomic E-state index is 3.66. The van der Waals surface area contributed by atoms with Crippen LogP contribution in [0.15, 0.2) is 24.3 Å². The molecule has 112 valence electrons. The summed E-state index contributed by atoms with van der Waals surface area (Å²) in [6, 6.07) is 9.88. The van der Waals surface area contributed by atoms with Crippen LogP contribution in [0, 0.1) is 5.92 Å². The molecule has 1 fully saturated rings. The van der Waals surface area contributed by atoms with Gasteiger partial charge in [-0.05, 0) is 43.0 Å². The number of piperidine rings is 1. The second-order valence-corrected chi connectivity index (χ2v) is 6.03. The Bertz CT molecular complexity index is 385. The molecule has 1 aromatic rings. The van der Waals surface area contributed by atoms with Gasteiger partial charge in [-0.15, -0.1) is 0 Å². The van der Waals surface area contributed by atoms with Gasteiger partial charge in [0.2, 0.25) is 0 Å². The topological polar surface area (TPSA) is 15.3 Å². The zero-order valence-electron chi connectivity index (χ0n) is 13.4. The summed E-state index contributed by atoms with van der Waals surface area (Å²) in [5, 5.41) is 3.66. The predicted molar refractivity (Wildman–Crippen MR) is 87.0 cm³/mol. The first-order valence-corrected chi connectivity index (χ1v) is 8.30. The number of likely N-dealkylation sites (tertiary alicyclic amines) is 1. The maximum absolute atomic E-state index is 3.66. The van der Waals surface area contributed by atoms with Gasteiger partial charge in [-0.2, -0.15) is 0 Å². The van der Waals surface area contributed by atoms with Gasteiger partial charge in [-0.25, -0.2) is 0 Å². The highest BCUT2D eigenvalue weighted by molar-refractivity contribution is 5.22. The van der Waals surface area contributed by atoms with E-state index in [1.807, 2.05) is 0 Å². The van der Waals surface area contributed by atoms with E-state index in [2.05, 4.69) is 55.3 Å². The highest BCUT2D eigenvalue weighted by atomic mass is 15.1. The van der Waals surface area contributed by atoms with Crippen molar-refractivity contribution in [1.29, 1.82) is 0 Å². The Labute approximate surface area is 124 Å². The molecule has 0 saturated carbocycles. The fraction of sp³-hybridized carbons (Fsp3) is 0.667. The summed E-state index contributed by atoms with van der Waals surface area (Å²) >= 11 is 0. The van der Waals surface area contributed by atoms with E-state index in [-0.39, 0.29) is 0 Å². The molecule has 2 nitrogen and oxygen atoms in total. The Morgan fingerprint density at radius 3 is 2.40 bits per heavy atom. The Morgan fingerprint density at radius 1 is 1.10 bits per heavy atom. The molecule has 0 spiro atoms. The van der Waals surface area contributed by atoms with Gasteiger partial charge in [0.15, 0.2) is 0 Å². The first-order valence-electron chi connectivity index (χ1n) is 8.30. The number of benzene rings is 1. The second-order valence-electron chi connectivity index (χ2n) is 6.03. The van der Waals surface area contributed by atoms with Gasteiger partial charge in [0, 0.05) is 19.1 Å². The SMILES string of the molecule is CCNC1CCN(Cc2ccc(CC)cc2)CC1CC. The Kier molecular flexibility index (Phi) is 6.06. The highest BCUT2D eigenvalue weighted by Crippen LogP contribution is 2.22. The molecule has 0 aliphatic carbocycles. The van der Waals surface area contributed by atoms with Crippen LogP contribution in [0.4, 0.5) is 0 Å². The Morgan fingerprint density at radius 2 is 1.80 bits per heavy atom. The average molecular weight is 274 g/mol. The molecule has 1 aromatic carbocycles. The molecule has 2 atom stereocenters. The molecule has 1 heterocycles. The number of nitrogens with zero attached hydrogens (tertiary/aromatic N) is 1.